The molecule has 3 nitrogen and oxygen atoms in total. The van der Waals surface area contributed by atoms with Gasteiger partial charge in [-0.3, -0.25) is 0 Å². The van der Waals surface area contributed by atoms with Gasteiger partial charge in [0.2, 0.25) is 5.88 Å². The third-order valence-corrected chi connectivity index (χ3v) is 3.76. The van der Waals surface area contributed by atoms with Crippen LogP contribution in [0, 0.1) is 12.8 Å². The summed E-state index contributed by atoms with van der Waals surface area (Å²) in [6.07, 6.45) is 1.64. The Balaban J connectivity index is 1.84. The topological polar surface area (TPSA) is 42.4 Å². The summed E-state index contributed by atoms with van der Waals surface area (Å²) in [6, 6.07) is 3.79. The molecule has 0 bridgehead atoms. The van der Waals surface area contributed by atoms with Gasteiger partial charge in [-0.05, 0) is 54.6 Å². The number of nitrogens with zero attached hydrogens (tertiary/aromatic N) is 1. The first-order chi connectivity index (χ1) is 7.46. The van der Waals surface area contributed by atoms with Crippen LogP contribution in [0.5, 0.6) is 5.88 Å². The van der Waals surface area contributed by atoms with E-state index >= 15 is 0 Å². The van der Waals surface area contributed by atoms with E-state index in [9.17, 15) is 5.11 Å². The van der Waals surface area contributed by atoms with Crippen LogP contribution >= 0.6 is 15.9 Å². The maximum atomic E-state index is 9.58. The van der Waals surface area contributed by atoms with Crippen molar-refractivity contribution in [3.8, 4) is 5.88 Å². The fourth-order valence-corrected chi connectivity index (χ4v) is 2.33. The van der Waals surface area contributed by atoms with Crippen molar-refractivity contribution in [3.63, 3.8) is 0 Å². The van der Waals surface area contributed by atoms with Crippen LogP contribution in [-0.2, 0) is 0 Å². The van der Waals surface area contributed by atoms with Gasteiger partial charge in [0.1, 0.15) is 0 Å². The summed E-state index contributed by atoms with van der Waals surface area (Å²) < 4.78 is 6.59. The van der Waals surface area contributed by atoms with E-state index < -0.39 is 5.60 Å². The van der Waals surface area contributed by atoms with Gasteiger partial charge in [-0.1, -0.05) is 0 Å². The fraction of sp³-hybridized carbons (Fsp3) is 0.583. The second-order valence-electron chi connectivity index (χ2n) is 4.80. The zero-order chi connectivity index (χ0) is 11.8. The number of halogens is 1. The van der Waals surface area contributed by atoms with Gasteiger partial charge in [-0.2, -0.15) is 0 Å². The lowest BCUT2D eigenvalue weighted by atomic mass is 9.73. The number of hydrogen-bond acceptors (Lipinski definition) is 3. The van der Waals surface area contributed by atoms with Crippen molar-refractivity contribution < 1.29 is 9.84 Å². The van der Waals surface area contributed by atoms with Crippen LogP contribution in [0.15, 0.2) is 16.6 Å². The Kier molecular flexibility index (Phi) is 3.22. The highest BCUT2D eigenvalue weighted by Crippen LogP contribution is 2.37. The number of rotatable bonds is 3. The second kappa shape index (κ2) is 4.34. The molecule has 1 N–H and O–H groups in total. The molecular formula is C12H16BrNO2. The lowest BCUT2D eigenvalue weighted by molar-refractivity contribution is -0.0694. The Morgan fingerprint density at radius 3 is 2.81 bits per heavy atom. The average Bonchev–Trinajstić information content (AvgIpc) is 2.16. The first kappa shape index (κ1) is 11.9. The zero-order valence-corrected chi connectivity index (χ0v) is 11.1. The molecule has 0 aromatic carbocycles. The van der Waals surface area contributed by atoms with Crippen LogP contribution in [0.25, 0.3) is 0 Å². The smallest absolute Gasteiger partial charge is 0.213 e. The first-order valence-electron chi connectivity index (χ1n) is 5.45. The molecule has 0 amide bonds. The zero-order valence-electron chi connectivity index (χ0n) is 9.53. The highest BCUT2D eigenvalue weighted by Gasteiger charge is 2.38. The van der Waals surface area contributed by atoms with Crippen molar-refractivity contribution in [1.82, 2.24) is 4.98 Å². The van der Waals surface area contributed by atoms with Crippen molar-refractivity contribution in [2.24, 2.45) is 5.92 Å². The molecule has 0 radical (unpaired) electrons. The van der Waals surface area contributed by atoms with Crippen molar-refractivity contribution in [2.45, 2.75) is 32.3 Å². The number of pyridine rings is 1. The highest BCUT2D eigenvalue weighted by molar-refractivity contribution is 9.10. The maximum Gasteiger partial charge on any atom is 0.213 e. The molecule has 1 aliphatic carbocycles. The number of aliphatic hydroxyl groups is 1. The first-order valence-corrected chi connectivity index (χ1v) is 6.24. The third kappa shape index (κ3) is 2.74. The molecule has 0 aliphatic heterocycles. The minimum atomic E-state index is -0.475. The van der Waals surface area contributed by atoms with Crippen LogP contribution in [0.3, 0.4) is 0 Å². The predicted molar refractivity (Wildman–Crippen MR) is 65.5 cm³/mol. The lowest BCUT2D eigenvalue weighted by Gasteiger charge is -2.40. The predicted octanol–water partition coefficient (Wildman–Crippen LogP) is 2.69. The van der Waals surface area contributed by atoms with E-state index in [1.54, 1.807) is 0 Å². The summed E-state index contributed by atoms with van der Waals surface area (Å²) in [4.78, 5) is 4.31. The SMILES string of the molecule is Cc1nc(OCC2CC(C)(O)C2)ccc1Br. The van der Waals surface area contributed by atoms with Gasteiger partial charge in [-0.25, -0.2) is 4.98 Å². The quantitative estimate of drug-likeness (QED) is 0.929. The number of aryl methyl sites for hydroxylation is 1. The molecule has 16 heavy (non-hydrogen) atoms. The van der Waals surface area contributed by atoms with Crippen molar-refractivity contribution in [2.75, 3.05) is 6.61 Å². The summed E-state index contributed by atoms with van der Waals surface area (Å²) in [5.41, 5.74) is 0.454. The third-order valence-electron chi connectivity index (χ3n) is 2.92. The van der Waals surface area contributed by atoms with Gasteiger partial charge < -0.3 is 9.84 Å². The Morgan fingerprint density at radius 2 is 2.25 bits per heavy atom. The minimum Gasteiger partial charge on any atom is -0.477 e. The van der Waals surface area contributed by atoms with E-state index in [1.165, 1.54) is 0 Å². The molecule has 1 heterocycles. The lowest BCUT2D eigenvalue weighted by Crippen LogP contribution is -2.43. The van der Waals surface area contributed by atoms with Crippen molar-refractivity contribution >= 4 is 15.9 Å². The van der Waals surface area contributed by atoms with Crippen molar-refractivity contribution in [3.05, 3.63) is 22.3 Å². The van der Waals surface area contributed by atoms with Crippen LogP contribution < -0.4 is 4.74 Å². The Hall–Kier alpha value is -0.610. The maximum absolute atomic E-state index is 9.58. The number of aromatic nitrogens is 1. The number of ether oxygens (including phenoxy) is 1. The Bertz CT molecular complexity index is 385. The highest BCUT2D eigenvalue weighted by atomic mass is 79.9. The Morgan fingerprint density at radius 1 is 1.56 bits per heavy atom. The van der Waals surface area contributed by atoms with E-state index in [2.05, 4.69) is 20.9 Å². The molecule has 0 atom stereocenters. The monoisotopic (exact) mass is 285 g/mol. The Labute approximate surface area is 104 Å². The fourth-order valence-electron chi connectivity index (χ4n) is 2.11. The van der Waals surface area contributed by atoms with Gasteiger partial charge in [0.15, 0.2) is 0 Å². The van der Waals surface area contributed by atoms with Crippen LogP contribution in [0.1, 0.15) is 25.5 Å². The number of hydrogen-bond donors (Lipinski definition) is 1. The van der Waals surface area contributed by atoms with E-state index in [0.29, 0.717) is 18.4 Å². The van der Waals surface area contributed by atoms with Crippen LogP contribution in [-0.4, -0.2) is 22.3 Å². The van der Waals surface area contributed by atoms with Gasteiger partial charge in [0.25, 0.3) is 0 Å². The summed E-state index contributed by atoms with van der Waals surface area (Å²) in [5, 5.41) is 9.58. The summed E-state index contributed by atoms with van der Waals surface area (Å²) in [5.74, 6) is 1.12. The molecule has 1 aliphatic rings. The van der Waals surface area contributed by atoms with Crippen LogP contribution in [0.4, 0.5) is 0 Å². The molecule has 4 heteroatoms. The standard InChI is InChI=1S/C12H16BrNO2/c1-8-10(13)3-4-11(14-8)16-7-9-5-12(2,15)6-9/h3-4,9,15H,5-7H2,1-2H3. The van der Waals surface area contributed by atoms with Gasteiger partial charge >= 0.3 is 0 Å². The second-order valence-corrected chi connectivity index (χ2v) is 5.65. The summed E-state index contributed by atoms with van der Waals surface area (Å²) >= 11 is 3.40. The molecular weight excluding hydrogens is 270 g/mol. The molecule has 0 unspecified atom stereocenters. The molecule has 0 spiro atoms. The molecule has 1 fully saturated rings. The molecule has 0 saturated heterocycles. The van der Waals surface area contributed by atoms with Crippen LogP contribution in [0.2, 0.25) is 0 Å². The largest absolute Gasteiger partial charge is 0.477 e. The molecule has 1 saturated carbocycles. The van der Waals surface area contributed by atoms with Gasteiger partial charge in [0, 0.05) is 10.5 Å². The summed E-state index contributed by atoms with van der Waals surface area (Å²) in [6.45, 7) is 4.45. The average molecular weight is 286 g/mol. The van der Waals surface area contributed by atoms with Crippen molar-refractivity contribution in [1.29, 1.82) is 0 Å². The molecule has 1 aromatic heterocycles. The van der Waals surface area contributed by atoms with E-state index in [0.717, 1.165) is 23.0 Å². The van der Waals surface area contributed by atoms with E-state index in [-0.39, 0.29) is 0 Å². The van der Waals surface area contributed by atoms with Gasteiger partial charge in [-0.15, -0.1) is 0 Å². The molecule has 2 rings (SSSR count). The van der Waals surface area contributed by atoms with E-state index in [1.807, 2.05) is 26.0 Å². The van der Waals surface area contributed by atoms with E-state index in [4.69, 9.17) is 4.74 Å². The summed E-state index contributed by atoms with van der Waals surface area (Å²) in [7, 11) is 0. The molecule has 1 aromatic rings. The van der Waals surface area contributed by atoms with Gasteiger partial charge in [0.05, 0.1) is 17.9 Å². The molecule has 88 valence electrons. The normalized spacial score (nSPS) is 28.6. The minimum absolute atomic E-state index is 0.459.